The van der Waals surface area contributed by atoms with E-state index in [9.17, 15) is 4.79 Å². The van der Waals surface area contributed by atoms with Crippen LogP contribution in [0.2, 0.25) is 0 Å². The number of carbonyl (C=O) groups excluding carboxylic acids is 1. The maximum atomic E-state index is 12.8. The Labute approximate surface area is 207 Å². The van der Waals surface area contributed by atoms with Crippen molar-refractivity contribution in [2.75, 3.05) is 10.6 Å². The minimum absolute atomic E-state index is 0.172. The fourth-order valence-corrected chi connectivity index (χ4v) is 5.31. The summed E-state index contributed by atoms with van der Waals surface area (Å²) in [6.07, 6.45) is 3.48. The van der Waals surface area contributed by atoms with E-state index >= 15 is 0 Å². The zero-order valence-corrected chi connectivity index (χ0v) is 21.4. The molecule has 3 N–H and O–H groups in total. The Balaban J connectivity index is 1.37. The van der Waals surface area contributed by atoms with Gasteiger partial charge < -0.3 is 20.3 Å². The number of aromatic nitrogens is 4. The van der Waals surface area contributed by atoms with Gasteiger partial charge in [0.15, 0.2) is 5.82 Å². The SMILES string of the molecule is Cc1cc(Nc2nc(NC3C[C@H]4CC[C@@H](C3)N4C(=O)OC(C)(C)C)nc3cc(Br)ccc23)n[nH]1. The fourth-order valence-electron chi connectivity index (χ4n) is 4.96. The fraction of sp³-hybridized carbons (Fsp3) is 0.500. The van der Waals surface area contributed by atoms with Crippen LogP contribution in [0.15, 0.2) is 28.7 Å². The molecular weight excluding hydrogens is 498 g/mol. The van der Waals surface area contributed by atoms with Crippen LogP contribution in [0.1, 0.15) is 52.1 Å². The van der Waals surface area contributed by atoms with Crippen LogP contribution in [0, 0.1) is 6.92 Å². The van der Waals surface area contributed by atoms with Crippen LogP contribution in [-0.2, 0) is 4.74 Å². The van der Waals surface area contributed by atoms with Gasteiger partial charge >= 0.3 is 6.09 Å². The van der Waals surface area contributed by atoms with Gasteiger partial charge in [-0.15, -0.1) is 0 Å². The molecule has 0 radical (unpaired) electrons. The standard InChI is InChI=1S/C24H30BrN7O2/c1-13-9-20(31-30-13)28-21-18-8-5-14(25)10-19(18)27-22(29-21)26-15-11-16-6-7-17(12-15)32(16)23(33)34-24(2,3)4/h5,8-10,15-17H,6-7,11-12H2,1-4H3,(H3,26,27,28,29,30,31)/t15?,16-,17+. The molecule has 1 unspecified atom stereocenters. The van der Waals surface area contributed by atoms with Crippen molar-refractivity contribution < 1.29 is 9.53 Å². The number of ether oxygens (including phenoxy) is 1. The first-order valence-corrected chi connectivity index (χ1v) is 12.5. The van der Waals surface area contributed by atoms with Crippen LogP contribution >= 0.6 is 15.9 Å². The number of halogens is 1. The van der Waals surface area contributed by atoms with E-state index in [2.05, 4.69) is 36.8 Å². The van der Waals surface area contributed by atoms with E-state index in [1.165, 1.54) is 0 Å². The summed E-state index contributed by atoms with van der Waals surface area (Å²) in [5.41, 5.74) is 1.31. The average molecular weight is 528 g/mol. The van der Waals surface area contributed by atoms with Crippen LogP contribution in [0.4, 0.5) is 22.4 Å². The van der Waals surface area contributed by atoms with E-state index in [1.807, 2.05) is 56.9 Å². The molecule has 0 aliphatic carbocycles. The van der Waals surface area contributed by atoms with Gasteiger partial charge in [0, 0.05) is 39.7 Å². The Kier molecular flexibility index (Phi) is 5.87. The summed E-state index contributed by atoms with van der Waals surface area (Å²) in [4.78, 5) is 24.3. The van der Waals surface area contributed by atoms with Gasteiger partial charge in [-0.25, -0.2) is 9.78 Å². The number of aryl methyl sites for hydroxylation is 1. The molecule has 3 aromatic rings. The topological polar surface area (TPSA) is 108 Å². The number of anilines is 3. The quantitative estimate of drug-likeness (QED) is 0.410. The zero-order chi connectivity index (χ0) is 24.0. The van der Waals surface area contributed by atoms with Crippen molar-refractivity contribution >= 4 is 50.5 Å². The maximum Gasteiger partial charge on any atom is 0.410 e. The van der Waals surface area contributed by atoms with Crippen molar-refractivity contribution in [2.24, 2.45) is 0 Å². The molecule has 5 rings (SSSR count). The van der Waals surface area contributed by atoms with Crippen LogP contribution < -0.4 is 10.6 Å². The highest BCUT2D eigenvalue weighted by Gasteiger charge is 2.45. The molecule has 3 atom stereocenters. The summed E-state index contributed by atoms with van der Waals surface area (Å²) < 4.78 is 6.62. The Bertz CT molecular complexity index is 1210. The molecule has 2 aliphatic rings. The lowest BCUT2D eigenvalue weighted by atomic mass is 9.98. The lowest BCUT2D eigenvalue weighted by molar-refractivity contribution is 0.00682. The van der Waals surface area contributed by atoms with Gasteiger partial charge in [-0.2, -0.15) is 10.1 Å². The number of rotatable bonds is 4. The lowest BCUT2D eigenvalue weighted by Gasteiger charge is -2.39. The summed E-state index contributed by atoms with van der Waals surface area (Å²) in [7, 11) is 0. The number of benzene rings is 1. The molecule has 10 heteroatoms. The number of piperidine rings is 1. The molecule has 2 fully saturated rings. The van der Waals surface area contributed by atoms with E-state index in [-0.39, 0.29) is 24.2 Å². The predicted octanol–water partition coefficient (Wildman–Crippen LogP) is 5.51. The molecular formula is C24H30BrN7O2. The average Bonchev–Trinajstić information content (AvgIpc) is 3.26. The van der Waals surface area contributed by atoms with Crippen LogP contribution in [0.5, 0.6) is 0 Å². The molecule has 0 spiro atoms. The predicted molar refractivity (Wildman–Crippen MR) is 135 cm³/mol. The third-order valence-electron chi connectivity index (χ3n) is 6.28. The monoisotopic (exact) mass is 527 g/mol. The van der Waals surface area contributed by atoms with E-state index in [0.717, 1.165) is 46.8 Å². The minimum Gasteiger partial charge on any atom is -0.444 e. The highest BCUT2D eigenvalue weighted by molar-refractivity contribution is 9.10. The largest absolute Gasteiger partial charge is 0.444 e. The minimum atomic E-state index is -0.491. The molecule has 2 aromatic heterocycles. The first-order valence-electron chi connectivity index (χ1n) is 11.7. The molecule has 1 amide bonds. The number of hydrogen-bond acceptors (Lipinski definition) is 7. The van der Waals surface area contributed by atoms with E-state index in [1.54, 1.807) is 0 Å². The molecule has 0 saturated carbocycles. The van der Waals surface area contributed by atoms with Crippen LogP contribution in [-0.4, -0.2) is 54.9 Å². The number of amides is 1. The number of carbonyl (C=O) groups is 1. The number of hydrogen-bond donors (Lipinski definition) is 3. The van der Waals surface area contributed by atoms with E-state index in [0.29, 0.717) is 17.6 Å². The van der Waals surface area contributed by atoms with Crippen molar-refractivity contribution in [3.8, 4) is 0 Å². The number of nitrogens with zero attached hydrogens (tertiary/aromatic N) is 4. The number of H-pyrrole nitrogens is 1. The van der Waals surface area contributed by atoms with E-state index in [4.69, 9.17) is 14.7 Å². The third-order valence-corrected chi connectivity index (χ3v) is 6.78. The molecule has 1 aromatic carbocycles. The second kappa shape index (κ2) is 8.72. The van der Waals surface area contributed by atoms with Gasteiger partial charge in [0.25, 0.3) is 0 Å². The third kappa shape index (κ3) is 4.82. The van der Waals surface area contributed by atoms with Gasteiger partial charge in [-0.1, -0.05) is 15.9 Å². The zero-order valence-electron chi connectivity index (χ0n) is 19.9. The van der Waals surface area contributed by atoms with Gasteiger partial charge in [0.2, 0.25) is 5.95 Å². The Morgan fingerprint density at radius 2 is 1.91 bits per heavy atom. The van der Waals surface area contributed by atoms with Crippen molar-refractivity contribution in [1.82, 2.24) is 25.1 Å². The molecule has 2 aliphatic heterocycles. The second-order valence-electron chi connectivity index (χ2n) is 10.2. The van der Waals surface area contributed by atoms with Crippen LogP contribution in [0.25, 0.3) is 10.9 Å². The number of aromatic amines is 1. The van der Waals surface area contributed by atoms with Gasteiger partial charge in [0.05, 0.1) is 5.52 Å². The van der Waals surface area contributed by atoms with Crippen molar-refractivity contribution in [3.05, 3.63) is 34.4 Å². The molecule has 2 saturated heterocycles. The summed E-state index contributed by atoms with van der Waals surface area (Å²) in [6.45, 7) is 7.68. The molecule has 4 heterocycles. The molecule has 9 nitrogen and oxygen atoms in total. The smallest absolute Gasteiger partial charge is 0.410 e. The van der Waals surface area contributed by atoms with Crippen molar-refractivity contribution in [1.29, 1.82) is 0 Å². The first kappa shape index (κ1) is 22.9. The van der Waals surface area contributed by atoms with Gasteiger partial charge in [-0.3, -0.25) is 5.10 Å². The number of nitrogens with one attached hydrogen (secondary N) is 3. The molecule has 34 heavy (non-hydrogen) atoms. The molecule has 180 valence electrons. The summed E-state index contributed by atoms with van der Waals surface area (Å²) in [5.74, 6) is 1.96. The molecule has 2 bridgehead atoms. The van der Waals surface area contributed by atoms with Gasteiger partial charge in [-0.05, 0) is 71.6 Å². The van der Waals surface area contributed by atoms with E-state index < -0.39 is 5.60 Å². The normalized spacial score (nSPS) is 22.1. The highest BCUT2D eigenvalue weighted by atomic mass is 79.9. The Hall–Kier alpha value is -2.88. The van der Waals surface area contributed by atoms with Crippen LogP contribution in [0.3, 0.4) is 0 Å². The number of fused-ring (bicyclic) bond motifs is 3. The lowest BCUT2D eigenvalue weighted by Crippen LogP contribution is -2.51. The van der Waals surface area contributed by atoms with Crippen molar-refractivity contribution in [2.45, 2.75) is 77.1 Å². The Morgan fingerprint density at radius 1 is 1.18 bits per heavy atom. The summed E-state index contributed by atoms with van der Waals surface area (Å²) >= 11 is 3.55. The highest BCUT2D eigenvalue weighted by Crippen LogP contribution is 2.38. The first-order chi connectivity index (χ1) is 16.1. The maximum absolute atomic E-state index is 12.8. The Morgan fingerprint density at radius 3 is 2.56 bits per heavy atom. The van der Waals surface area contributed by atoms with Gasteiger partial charge in [0.1, 0.15) is 11.4 Å². The van der Waals surface area contributed by atoms with Crippen molar-refractivity contribution in [3.63, 3.8) is 0 Å². The second-order valence-corrected chi connectivity index (χ2v) is 11.1. The summed E-state index contributed by atoms with van der Waals surface area (Å²) in [5, 5.41) is 15.0. The summed E-state index contributed by atoms with van der Waals surface area (Å²) in [6, 6.07) is 8.41.